The van der Waals surface area contributed by atoms with Crippen LogP contribution in [0.15, 0.2) is 59.4 Å². The third-order valence-corrected chi connectivity index (χ3v) is 5.12. The molecule has 2 aromatic carbocycles. The minimum absolute atomic E-state index is 0.0939. The number of aromatic nitrogens is 2. The Morgan fingerprint density at radius 3 is 2.31 bits per heavy atom. The molecule has 3 aromatic rings. The fraction of sp³-hybridized carbons (Fsp3) is 0.375. The predicted octanol–water partition coefficient (Wildman–Crippen LogP) is 4.73. The van der Waals surface area contributed by atoms with E-state index in [1.54, 1.807) is 10.6 Å². The van der Waals surface area contributed by atoms with Crippen molar-refractivity contribution in [1.82, 2.24) is 14.5 Å². The number of carbonyl (C=O) groups is 1. The van der Waals surface area contributed by atoms with Gasteiger partial charge in [0.1, 0.15) is 5.82 Å². The van der Waals surface area contributed by atoms with E-state index in [-0.39, 0.29) is 23.4 Å². The van der Waals surface area contributed by atoms with Crippen LogP contribution in [0.1, 0.15) is 52.4 Å². The number of hydrogen-bond acceptors (Lipinski definition) is 3. The van der Waals surface area contributed by atoms with Gasteiger partial charge in [-0.15, -0.1) is 0 Å². The molecule has 3 rings (SSSR count). The summed E-state index contributed by atoms with van der Waals surface area (Å²) >= 11 is 0. The van der Waals surface area contributed by atoms with Crippen LogP contribution in [0.25, 0.3) is 16.6 Å². The van der Waals surface area contributed by atoms with Gasteiger partial charge >= 0.3 is 0 Å². The van der Waals surface area contributed by atoms with E-state index in [2.05, 4.69) is 0 Å². The van der Waals surface area contributed by atoms with Crippen LogP contribution in [0.3, 0.4) is 0 Å². The second-order valence-electron chi connectivity index (χ2n) is 7.67. The summed E-state index contributed by atoms with van der Waals surface area (Å²) in [7, 11) is 0. The summed E-state index contributed by atoms with van der Waals surface area (Å²) in [6.45, 7) is 8.67. The van der Waals surface area contributed by atoms with Gasteiger partial charge in [0.25, 0.3) is 5.56 Å². The van der Waals surface area contributed by atoms with Gasteiger partial charge < -0.3 is 4.90 Å². The molecule has 0 saturated heterocycles. The number of para-hydroxylation sites is 2. The minimum Gasteiger partial charge on any atom is -0.333 e. The van der Waals surface area contributed by atoms with E-state index in [0.717, 1.165) is 5.69 Å². The van der Waals surface area contributed by atoms with Crippen molar-refractivity contribution in [2.75, 3.05) is 6.54 Å². The molecule has 5 nitrogen and oxygen atoms in total. The van der Waals surface area contributed by atoms with Crippen LogP contribution in [0.5, 0.6) is 0 Å². The van der Waals surface area contributed by atoms with Gasteiger partial charge in [-0.1, -0.05) is 51.1 Å². The summed E-state index contributed by atoms with van der Waals surface area (Å²) in [6, 6.07) is 16.7. The minimum atomic E-state index is -0.274. The van der Waals surface area contributed by atoms with E-state index >= 15 is 0 Å². The number of carbonyl (C=O) groups excluding carboxylic acids is 1. The highest BCUT2D eigenvalue weighted by molar-refractivity contribution is 5.79. The number of nitrogens with zero attached hydrogens (tertiary/aromatic N) is 3. The van der Waals surface area contributed by atoms with Crippen molar-refractivity contribution >= 4 is 16.8 Å². The van der Waals surface area contributed by atoms with Crippen molar-refractivity contribution in [3.05, 3.63) is 70.8 Å². The summed E-state index contributed by atoms with van der Waals surface area (Å²) < 4.78 is 1.67. The molecule has 0 fully saturated rings. The quantitative estimate of drug-likeness (QED) is 0.585. The molecule has 152 valence electrons. The molecule has 0 spiro atoms. The molecule has 1 heterocycles. The average Bonchev–Trinajstić information content (AvgIpc) is 2.72. The standard InChI is InChI=1S/C24H29N3O2/c1-5-21(26(6-2)22(28)16-17(3)4)23-25-20-15-11-10-14-19(20)24(29)27(23)18-12-8-7-9-13-18/h7-15,17,21H,5-6,16H2,1-4H3. The molecule has 0 aliphatic rings. The highest BCUT2D eigenvalue weighted by Gasteiger charge is 2.28. The second kappa shape index (κ2) is 9.03. The summed E-state index contributed by atoms with van der Waals surface area (Å²) in [5.41, 5.74) is 1.31. The van der Waals surface area contributed by atoms with Crippen molar-refractivity contribution < 1.29 is 4.79 Å². The molecule has 0 aliphatic heterocycles. The maximum atomic E-state index is 13.4. The Labute approximate surface area is 172 Å². The van der Waals surface area contributed by atoms with Crippen LogP contribution < -0.4 is 5.56 Å². The Bertz CT molecular complexity index is 1040. The predicted molar refractivity (Wildman–Crippen MR) is 117 cm³/mol. The molecule has 0 N–H and O–H groups in total. The van der Waals surface area contributed by atoms with Crippen molar-refractivity contribution in [2.45, 2.75) is 46.6 Å². The van der Waals surface area contributed by atoms with Crippen LogP contribution in [0, 0.1) is 5.92 Å². The SMILES string of the molecule is CCC(c1nc2ccccc2c(=O)n1-c1ccccc1)N(CC)C(=O)CC(C)C. The molecular weight excluding hydrogens is 362 g/mol. The molecule has 0 aliphatic carbocycles. The van der Waals surface area contributed by atoms with Gasteiger partial charge in [-0.25, -0.2) is 4.98 Å². The van der Waals surface area contributed by atoms with Crippen LogP contribution in [-0.2, 0) is 4.79 Å². The molecule has 1 amide bonds. The third kappa shape index (κ3) is 4.24. The topological polar surface area (TPSA) is 55.2 Å². The maximum Gasteiger partial charge on any atom is 0.266 e. The molecule has 1 unspecified atom stereocenters. The fourth-order valence-electron chi connectivity index (χ4n) is 3.78. The van der Waals surface area contributed by atoms with Crippen LogP contribution in [-0.4, -0.2) is 26.9 Å². The Balaban J connectivity index is 2.25. The van der Waals surface area contributed by atoms with Crippen molar-refractivity contribution in [3.63, 3.8) is 0 Å². The number of amides is 1. The largest absolute Gasteiger partial charge is 0.333 e. The number of hydrogen-bond donors (Lipinski definition) is 0. The highest BCUT2D eigenvalue weighted by atomic mass is 16.2. The number of fused-ring (bicyclic) bond motifs is 1. The number of rotatable bonds is 7. The molecular formula is C24H29N3O2. The first-order chi connectivity index (χ1) is 14.0. The Morgan fingerprint density at radius 1 is 1.03 bits per heavy atom. The Morgan fingerprint density at radius 2 is 1.69 bits per heavy atom. The van der Waals surface area contributed by atoms with Crippen molar-refractivity contribution in [2.24, 2.45) is 5.92 Å². The lowest BCUT2D eigenvalue weighted by Gasteiger charge is -2.32. The molecule has 0 bridgehead atoms. The highest BCUT2D eigenvalue weighted by Crippen LogP contribution is 2.27. The van der Waals surface area contributed by atoms with Crippen LogP contribution in [0.4, 0.5) is 0 Å². The summed E-state index contributed by atoms with van der Waals surface area (Å²) in [5, 5.41) is 0.575. The first-order valence-electron chi connectivity index (χ1n) is 10.3. The first kappa shape index (κ1) is 20.8. The normalized spacial score (nSPS) is 12.3. The fourth-order valence-corrected chi connectivity index (χ4v) is 3.78. The van der Waals surface area contributed by atoms with Crippen LogP contribution in [0.2, 0.25) is 0 Å². The van der Waals surface area contributed by atoms with E-state index in [0.29, 0.717) is 36.1 Å². The molecule has 5 heteroatoms. The first-order valence-corrected chi connectivity index (χ1v) is 10.3. The zero-order chi connectivity index (χ0) is 21.0. The molecule has 1 aromatic heterocycles. The zero-order valence-electron chi connectivity index (χ0n) is 17.6. The molecule has 29 heavy (non-hydrogen) atoms. The van der Waals surface area contributed by atoms with Crippen molar-refractivity contribution in [1.29, 1.82) is 0 Å². The lowest BCUT2D eigenvalue weighted by Crippen LogP contribution is -2.38. The smallest absolute Gasteiger partial charge is 0.266 e. The average molecular weight is 392 g/mol. The Hall–Kier alpha value is -2.95. The molecule has 0 radical (unpaired) electrons. The number of benzene rings is 2. The zero-order valence-corrected chi connectivity index (χ0v) is 17.6. The van der Waals surface area contributed by atoms with E-state index in [1.807, 2.05) is 81.1 Å². The van der Waals surface area contributed by atoms with Gasteiger partial charge in [-0.2, -0.15) is 0 Å². The summed E-state index contributed by atoms with van der Waals surface area (Å²) in [6.07, 6.45) is 1.16. The van der Waals surface area contributed by atoms with Crippen molar-refractivity contribution in [3.8, 4) is 5.69 Å². The van der Waals surface area contributed by atoms with E-state index in [4.69, 9.17) is 4.98 Å². The maximum absolute atomic E-state index is 13.4. The van der Waals surface area contributed by atoms with E-state index in [9.17, 15) is 9.59 Å². The van der Waals surface area contributed by atoms with E-state index < -0.39 is 0 Å². The third-order valence-electron chi connectivity index (χ3n) is 5.12. The monoisotopic (exact) mass is 391 g/mol. The Kier molecular flexibility index (Phi) is 6.47. The summed E-state index contributed by atoms with van der Waals surface area (Å²) in [4.78, 5) is 33.2. The second-order valence-corrected chi connectivity index (χ2v) is 7.67. The van der Waals surface area contributed by atoms with Crippen LogP contribution >= 0.6 is 0 Å². The molecule has 1 atom stereocenters. The lowest BCUT2D eigenvalue weighted by molar-refractivity contribution is -0.134. The van der Waals surface area contributed by atoms with Gasteiger partial charge in [0.2, 0.25) is 5.91 Å². The van der Waals surface area contributed by atoms with Gasteiger partial charge in [0, 0.05) is 13.0 Å². The molecule has 0 saturated carbocycles. The van der Waals surface area contributed by atoms with Gasteiger partial charge in [0.05, 0.1) is 22.6 Å². The summed E-state index contributed by atoms with van der Waals surface area (Å²) in [5.74, 6) is 0.979. The van der Waals surface area contributed by atoms with Gasteiger partial charge in [0.15, 0.2) is 0 Å². The van der Waals surface area contributed by atoms with Gasteiger partial charge in [-0.3, -0.25) is 14.2 Å². The lowest BCUT2D eigenvalue weighted by atomic mass is 10.1. The van der Waals surface area contributed by atoms with E-state index in [1.165, 1.54) is 0 Å². The van der Waals surface area contributed by atoms with Gasteiger partial charge in [-0.05, 0) is 43.5 Å².